The second kappa shape index (κ2) is 8.83. The molecule has 2 aromatic rings. The molecule has 0 fully saturated rings. The molecule has 0 spiro atoms. The molecule has 0 saturated heterocycles. The summed E-state index contributed by atoms with van der Waals surface area (Å²) in [6.45, 7) is 1.64. The van der Waals surface area contributed by atoms with Crippen LogP contribution in [0.15, 0.2) is 30.3 Å². The second-order valence-corrected chi connectivity index (χ2v) is 6.21. The Hall–Kier alpha value is -2.65. The van der Waals surface area contributed by atoms with E-state index in [9.17, 15) is 13.2 Å². The number of benzene rings is 1. The van der Waals surface area contributed by atoms with E-state index in [2.05, 4.69) is 16.0 Å². The number of pyridine rings is 1. The Balaban J connectivity index is 0.000000817. The zero-order valence-electron chi connectivity index (χ0n) is 14.3. The molecule has 0 saturated carbocycles. The molecule has 1 aromatic carbocycles. The number of amides is 1. The van der Waals surface area contributed by atoms with Crippen molar-refractivity contribution in [3.8, 4) is 0 Å². The van der Waals surface area contributed by atoms with Gasteiger partial charge in [-0.25, -0.2) is 0 Å². The van der Waals surface area contributed by atoms with E-state index in [-0.39, 0.29) is 6.41 Å². The summed E-state index contributed by atoms with van der Waals surface area (Å²) in [7, 11) is 0. The molecule has 1 aliphatic heterocycles. The molecule has 0 atom stereocenters. The highest BCUT2D eigenvalue weighted by molar-refractivity contribution is 7.71. The first-order valence-electron chi connectivity index (χ1n) is 8.02. The van der Waals surface area contributed by atoms with Crippen LogP contribution < -0.4 is 16.8 Å². The number of rotatable bonds is 2. The van der Waals surface area contributed by atoms with Gasteiger partial charge in [0, 0.05) is 36.5 Å². The highest BCUT2D eigenvalue weighted by Gasteiger charge is 2.29. The van der Waals surface area contributed by atoms with Gasteiger partial charge < -0.3 is 21.8 Å². The maximum Gasteiger partial charge on any atom is 0.416 e. The van der Waals surface area contributed by atoms with Crippen LogP contribution >= 0.6 is 12.2 Å². The van der Waals surface area contributed by atoms with E-state index in [0.29, 0.717) is 21.5 Å². The maximum atomic E-state index is 12.6. The van der Waals surface area contributed by atoms with Crippen molar-refractivity contribution in [2.24, 2.45) is 11.5 Å². The maximum absolute atomic E-state index is 12.6. The third kappa shape index (κ3) is 5.41. The van der Waals surface area contributed by atoms with Crippen LogP contribution in [0.3, 0.4) is 0 Å². The lowest BCUT2D eigenvalue weighted by atomic mass is 10.0. The van der Waals surface area contributed by atoms with E-state index in [4.69, 9.17) is 22.7 Å². The van der Waals surface area contributed by atoms with Gasteiger partial charge in [0.1, 0.15) is 4.64 Å². The summed E-state index contributed by atoms with van der Waals surface area (Å²) in [6.07, 6.45) is -1.59. The van der Waals surface area contributed by atoms with E-state index in [1.165, 1.54) is 12.1 Å². The average Bonchev–Trinajstić information content (AvgIpc) is 2.61. The third-order valence-corrected chi connectivity index (χ3v) is 4.28. The van der Waals surface area contributed by atoms with Crippen LogP contribution in [0.5, 0.6) is 0 Å². The first-order valence-corrected chi connectivity index (χ1v) is 8.43. The molecule has 1 amide bonds. The number of aromatic amines is 1. The highest BCUT2D eigenvalue weighted by atomic mass is 32.1. The number of nitrogens with two attached hydrogens (primary N) is 2. The quantitative estimate of drug-likeness (QED) is 0.463. The van der Waals surface area contributed by atoms with Crippen LogP contribution in [0.1, 0.15) is 27.9 Å². The third-order valence-electron chi connectivity index (χ3n) is 3.95. The monoisotopic (exact) mass is 396 g/mol. The van der Waals surface area contributed by atoms with Crippen LogP contribution in [0.4, 0.5) is 13.2 Å². The minimum absolute atomic E-state index is 0.250. The van der Waals surface area contributed by atoms with Crippen molar-refractivity contribution in [1.82, 2.24) is 10.3 Å². The number of carbonyl (C=O) groups excluding carboxylic acids is 1. The lowest BCUT2D eigenvalue weighted by molar-refractivity contribution is -0.137. The molecule has 2 heterocycles. The lowest BCUT2D eigenvalue weighted by Gasteiger charge is -2.18. The van der Waals surface area contributed by atoms with Crippen molar-refractivity contribution in [3.05, 3.63) is 62.9 Å². The van der Waals surface area contributed by atoms with Crippen molar-refractivity contribution < 1.29 is 18.0 Å². The summed E-state index contributed by atoms with van der Waals surface area (Å²) in [5.74, 6) is 0. The molecular formula is C18H19F3N4OS. The van der Waals surface area contributed by atoms with Crippen LogP contribution in [0.25, 0.3) is 11.8 Å². The van der Waals surface area contributed by atoms with Gasteiger partial charge in [0.25, 0.3) is 0 Å². The number of nitrogens with one attached hydrogen (secondary N) is 2. The summed E-state index contributed by atoms with van der Waals surface area (Å²) in [5.41, 5.74) is 13.5. The molecule has 0 radical (unpaired) electrons. The van der Waals surface area contributed by atoms with Gasteiger partial charge in [-0.3, -0.25) is 4.79 Å². The van der Waals surface area contributed by atoms with Gasteiger partial charge in [-0.15, -0.1) is 0 Å². The Bertz CT molecular complexity index is 889. The Morgan fingerprint density at radius 2 is 1.85 bits per heavy atom. The van der Waals surface area contributed by atoms with Gasteiger partial charge in [0.15, 0.2) is 0 Å². The summed E-state index contributed by atoms with van der Waals surface area (Å²) in [5, 5.41) is 3.28. The average molecular weight is 396 g/mol. The van der Waals surface area contributed by atoms with E-state index in [0.717, 1.165) is 42.9 Å². The fourth-order valence-electron chi connectivity index (χ4n) is 2.67. The fraction of sp³-hybridized carbons (Fsp3) is 0.222. The molecule has 1 aromatic heterocycles. The van der Waals surface area contributed by atoms with Gasteiger partial charge in [-0.05, 0) is 35.4 Å². The Labute approximate surface area is 159 Å². The smallest absolute Gasteiger partial charge is 0.398 e. The Morgan fingerprint density at radius 3 is 2.44 bits per heavy atom. The number of hydrogen-bond acceptors (Lipinski definition) is 4. The summed E-state index contributed by atoms with van der Waals surface area (Å²) in [6, 6.07) is 6.80. The zero-order chi connectivity index (χ0) is 20.0. The molecule has 144 valence electrons. The topological polar surface area (TPSA) is 96.9 Å². The highest BCUT2D eigenvalue weighted by Crippen LogP contribution is 2.29. The first-order chi connectivity index (χ1) is 12.8. The SMILES string of the molecule is N/C(=C\c1ccc(C(F)(F)F)cc1)c1cc2c([nH]c1=S)CCNC2.NC=O. The van der Waals surface area contributed by atoms with Gasteiger partial charge in [0.05, 0.1) is 5.56 Å². The normalized spacial score (nSPS) is 14.0. The first kappa shape index (κ1) is 20.7. The minimum Gasteiger partial charge on any atom is -0.398 e. The van der Waals surface area contributed by atoms with Crippen LogP contribution in [-0.4, -0.2) is 17.9 Å². The van der Waals surface area contributed by atoms with Crippen molar-refractivity contribution in [1.29, 1.82) is 0 Å². The van der Waals surface area contributed by atoms with Crippen molar-refractivity contribution in [3.63, 3.8) is 0 Å². The molecule has 1 aliphatic rings. The predicted molar refractivity (Wildman–Crippen MR) is 101 cm³/mol. The number of hydrogen-bond donors (Lipinski definition) is 4. The molecule has 9 heteroatoms. The molecule has 0 unspecified atom stereocenters. The standard InChI is InChI=1S/C17H16F3N3S.CH3NO/c18-17(19,20)12-3-1-10(2-4-12)7-14(21)13-8-11-9-22-6-5-15(11)23-16(13)24;2-1-3/h1-4,7-8,22H,5-6,9,21H2,(H,23,24);1H,(H2,2,3)/b14-7-;. The predicted octanol–water partition coefficient (Wildman–Crippen LogP) is 2.97. The van der Waals surface area contributed by atoms with Gasteiger partial charge >= 0.3 is 6.18 Å². The lowest BCUT2D eigenvalue weighted by Crippen LogP contribution is -2.25. The van der Waals surface area contributed by atoms with Crippen molar-refractivity contribution in [2.75, 3.05) is 6.54 Å². The summed E-state index contributed by atoms with van der Waals surface area (Å²) in [4.78, 5) is 11.8. The Kier molecular flexibility index (Phi) is 6.75. The number of aromatic nitrogens is 1. The molecule has 3 rings (SSSR count). The van der Waals surface area contributed by atoms with Crippen molar-refractivity contribution >= 4 is 30.4 Å². The largest absolute Gasteiger partial charge is 0.416 e. The molecule has 6 N–H and O–H groups in total. The Morgan fingerprint density at radius 1 is 1.22 bits per heavy atom. The van der Waals surface area contributed by atoms with Crippen LogP contribution in [-0.2, 0) is 23.9 Å². The number of fused-ring (bicyclic) bond motifs is 1. The van der Waals surface area contributed by atoms with E-state index in [1.807, 2.05) is 6.07 Å². The van der Waals surface area contributed by atoms with E-state index >= 15 is 0 Å². The van der Waals surface area contributed by atoms with Gasteiger partial charge in [-0.2, -0.15) is 13.2 Å². The van der Waals surface area contributed by atoms with E-state index < -0.39 is 11.7 Å². The molecule has 0 aliphatic carbocycles. The summed E-state index contributed by atoms with van der Waals surface area (Å²) >= 11 is 5.35. The molecular weight excluding hydrogens is 377 g/mol. The van der Waals surface area contributed by atoms with Gasteiger partial charge in [0.2, 0.25) is 6.41 Å². The molecule has 27 heavy (non-hydrogen) atoms. The number of primary amides is 1. The van der Waals surface area contributed by atoms with Crippen LogP contribution in [0, 0.1) is 4.64 Å². The second-order valence-electron chi connectivity index (χ2n) is 5.80. The molecule has 0 bridgehead atoms. The number of halogens is 3. The fourth-order valence-corrected chi connectivity index (χ4v) is 2.97. The van der Waals surface area contributed by atoms with E-state index in [1.54, 1.807) is 6.08 Å². The number of alkyl halides is 3. The summed E-state index contributed by atoms with van der Waals surface area (Å²) < 4.78 is 38.3. The van der Waals surface area contributed by atoms with Crippen molar-refractivity contribution in [2.45, 2.75) is 19.1 Å². The number of H-pyrrole nitrogens is 1. The zero-order valence-corrected chi connectivity index (χ0v) is 15.1. The molecule has 5 nitrogen and oxygen atoms in total. The van der Waals surface area contributed by atoms with Crippen LogP contribution in [0.2, 0.25) is 0 Å². The van der Waals surface area contributed by atoms with Gasteiger partial charge in [-0.1, -0.05) is 24.4 Å². The minimum atomic E-state index is -4.35. The number of carbonyl (C=O) groups is 1.